The molecule has 2 rings (SSSR count). The van der Waals surface area contributed by atoms with E-state index in [1.807, 2.05) is 0 Å². The molecule has 1 aromatic rings. The Morgan fingerprint density at radius 2 is 2.10 bits per heavy atom. The molecule has 1 aromatic heterocycles. The third kappa shape index (κ3) is 4.64. The van der Waals surface area contributed by atoms with E-state index in [0.29, 0.717) is 19.4 Å². The first-order chi connectivity index (χ1) is 9.97. The molecule has 1 atom stereocenters. The van der Waals surface area contributed by atoms with E-state index < -0.39 is 24.2 Å². The third-order valence-corrected chi connectivity index (χ3v) is 3.70. The molecule has 1 aliphatic carbocycles. The van der Waals surface area contributed by atoms with Gasteiger partial charge in [0.1, 0.15) is 6.04 Å². The van der Waals surface area contributed by atoms with Crippen LogP contribution in [0.25, 0.3) is 0 Å². The SMILES string of the molecule is O=C(NCCn1cccn1)NC(C1CCCC1)C(F)(F)F. The van der Waals surface area contributed by atoms with E-state index in [1.165, 1.54) is 0 Å². The summed E-state index contributed by atoms with van der Waals surface area (Å²) < 4.78 is 40.7. The summed E-state index contributed by atoms with van der Waals surface area (Å²) in [6, 6.07) is -0.805. The molecule has 1 fully saturated rings. The van der Waals surface area contributed by atoms with Gasteiger partial charge in [0, 0.05) is 18.9 Å². The van der Waals surface area contributed by atoms with Crippen molar-refractivity contribution in [2.45, 2.75) is 44.4 Å². The fraction of sp³-hybridized carbons (Fsp3) is 0.692. The van der Waals surface area contributed by atoms with Gasteiger partial charge < -0.3 is 10.6 Å². The summed E-state index contributed by atoms with van der Waals surface area (Å²) in [5, 5.41) is 8.45. The quantitative estimate of drug-likeness (QED) is 0.877. The topological polar surface area (TPSA) is 59.0 Å². The molecule has 0 saturated heterocycles. The minimum Gasteiger partial charge on any atom is -0.336 e. The standard InChI is InChI=1S/C13H19F3N4O/c14-13(15,16)11(10-4-1-2-5-10)19-12(21)17-7-9-20-8-3-6-18-20/h3,6,8,10-11H,1-2,4-5,7,9H2,(H2,17,19,21). The number of hydrogen-bond acceptors (Lipinski definition) is 2. The van der Waals surface area contributed by atoms with Crippen molar-refractivity contribution in [3.63, 3.8) is 0 Å². The Hall–Kier alpha value is -1.73. The van der Waals surface area contributed by atoms with Gasteiger partial charge in [-0.3, -0.25) is 4.68 Å². The van der Waals surface area contributed by atoms with Gasteiger partial charge in [-0.05, 0) is 24.8 Å². The number of aromatic nitrogens is 2. The lowest BCUT2D eigenvalue weighted by Gasteiger charge is -2.27. The van der Waals surface area contributed by atoms with Gasteiger partial charge in [-0.2, -0.15) is 18.3 Å². The first-order valence-electron chi connectivity index (χ1n) is 7.05. The Morgan fingerprint density at radius 3 is 2.67 bits per heavy atom. The minimum absolute atomic E-state index is 0.225. The summed E-state index contributed by atoms with van der Waals surface area (Å²) in [5.41, 5.74) is 0. The second kappa shape index (κ2) is 6.82. The lowest BCUT2D eigenvalue weighted by molar-refractivity contribution is -0.164. The van der Waals surface area contributed by atoms with Gasteiger partial charge in [0.2, 0.25) is 0 Å². The average molecular weight is 304 g/mol. The van der Waals surface area contributed by atoms with E-state index in [9.17, 15) is 18.0 Å². The van der Waals surface area contributed by atoms with Crippen LogP contribution in [0, 0.1) is 5.92 Å². The molecule has 1 saturated carbocycles. The van der Waals surface area contributed by atoms with Gasteiger partial charge in [-0.15, -0.1) is 0 Å². The summed E-state index contributed by atoms with van der Waals surface area (Å²) in [7, 11) is 0. The Kier molecular flexibility index (Phi) is 5.08. The van der Waals surface area contributed by atoms with Crippen LogP contribution in [-0.2, 0) is 6.54 Å². The van der Waals surface area contributed by atoms with Crippen LogP contribution >= 0.6 is 0 Å². The largest absolute Gasteiger partial charge is 0.408 e. The van der Waals surface area contributed by atoms with E-state index >= 15 is 0 Å². The van der Waals surface area contributed by atoms with Crippen LogP contribution in [-0.4, -0.2) is 34.6 Å². The van der Waals surface area contributed by atoms with Crippen LogP contribution in [0.4, 0.5) is 18.0 Å². The lowest BCUT2D eigenvalue weighted by atomic mass is 9.98. The van der Waals surface area contributed by atoms with Crippen molar-refractivity contribution in [3.05, 3.63) is 18.5 Å². The number of nitrogens with one attached hydrogen (secondary N) is 2. The average Bonchev–Trinajstić information content (AvgIpc) is 3.07. The van der Waals surface area contributed by atoms with E-state index in [2.05, 4.69) is 15.7 Å². The fourth-order valence-corrected chi connectivity index (χ4v) is 2.67. The molecule has 5 nitrogen and oxygen atoms in total. The highest BCUT2D eigenvalue weighted by Gasteiger charge is 2.46. The van der Waals surface area contributed by atoms with Crippen LogP contribution in [0.1, 0.15) is 25.7 Å². The van der Waals surface area contributed by atoms with Crippen molar-refractivity contribution >= 4 is 6.03 Å². The predicted octanol–water partition coefficient (Wildman–Crippen LogP) is 2.30. The smallest absolute Gasteiger partial charge is 0.336 e. The van der Waals surface area contributed by atoms with Crippen LogP contribution in [0.5, 0.6) is 0 Å². The van der Waals surface area contributed by atoms with Crippen molar-refractivity contribution in [2.75, 3.05) is 6.54 Å². The fourth-order valence-electron chi connectivity index (χ4n) is 2.67. The Morgan fingerprint density at radius 1 is 1.38 bits per heavy atom. The third-order valence-electron chi connectivity index (χ3n) is 3.70. The number of carbonyl (C=O) groups is 1. The molecule has 2 amide bonds. The van der Waals surface area contributed by atoms with Gasteiger partial charge in [-0.25, -0.2) is 4.79 Å². The second-order valence-corrected chi connectivity index (χ2v) is 5.23. The maximum Gasteiger partial charge on any atom is 0.408 e. The summed E-state index contributed by atoms with van der Waals surface area (Å²) in [5.74, 6) is -0.512. The zero-order valence-electron chi connectivity index (χ0n) is 11.6. The normalized spacial score (nSPS) is 17.7. The molecule has 0 aromatic carbocycles. The highest BCUT2D eigenvalue weighted by molar-refractivity contribution is 5.74. The Labute approximate surface area is 120 Å². The molecule has 0 bridgehead atoms. The zero-order chi connectivity index (χ0) is 15.3. The van der Waals surface area contributed by atoms with Crippen LogP contribution in [0.2, 0.25) is 0 Å². The Bertz CT molecular complexity index is 441. The molecular weight excluding hydrogens is 285 g/mol. The molecule has 1 heterocycles. The zero-order valence-corrected chi connectivity index (χ0v) is 11.6. The van der Waals surface area contributed by atoms with E-state index in [4.69, 9.17) is 0 Å². The van der Waals surface area contributed by atoms with E-state index in [1.54, 1.807) is 23.1 Å². The van der Waals surface area contributed by atoms with E-state index in [0.717, 1.165) is 12.8 Å². The van der Waals surface area contributed by atoms with Gasteiger partial charge >= 0.3 is 12.2 Å². The highest BCUT2D eigenvalue weighted by atomic mass is 19.4. The number of hydrogen-bond donors (Lipinski definition) is 2. The molecule has 0 radical (unpaired) electrons. The van der Waals surface area contributed by atoms with Crippen molar-refractivity contribution < 1.29 is 18.0 Å². The van der Waals surface area contributed by atoms with Crippen LogP contribution in [0.15, 0.2) is 18.5 Å². The predicted molar refractivity (Wildman–Crippen MR) is 70.6 cm³/mol. The molecule has 21 heavy (non-hydrogen) atoms. The molecule has 1 aliphatic rings. The molecule has 2 N–H and O–H groups in total. The summed E-state index contributed by atoms with van der Waals surface area (Å²) in [4.78, 5) is 11.6. The Balaban J connectivity index is 1.80. The highest BCUT2D eigenvalue weighted by Crippen LogP contribution is 2.35. The maximum absolute atomic E-state index is 13.0. The summed E-state index contributed by atoms with van der Waals surface area (Å²) >= 11 is 0. The lowest BCUT2D eigenvalue weighted by Crippen LogP contribution is -2.53. The first kappa shape index (κ1) is 15.7. The van der Waals surface area contributed by atoms with Gasteiger partial charge in [0.25, 0.3) is 0 Å². The van der Waals surface area contributed by atoms with Gasteiger partial charge in [-0.1, -0.05) is 12.8 Å². The maximum atomic E-state index is 13.0. The molecule has 0 spiro atoms. The molecule has 1 unspecified atom stereocenters. The number of alkyl halides is 3. The number of amides is 2. The monoisotopic (exact) mass is 304 g/mol. The molecule has 0 aliphatic heterocycles. The van der Waals surface area contributed by atoms with Crippen molar-refractivity contribution in [3.8, 4) is 0 Å². The minimum atomic E-state index is -4.41. The second-order valence-electron chi connectivity index (χ2n) is 5.23. The number of halogens is 3. The van der Waals surface area contributed by atoms with Crippen molar-refractivity contribution in [1.29, 1.82) is 0 Å². The van der Waals surface area contributed by atoms with Crippen LogP contribution < -0.4 is 10.6 Å². The first-order valence-corrected chi connectivity index (χ1v) is 7.05. The van der Waals surface area contributed by atoms with Crippen molar-refractivity contribution in [2.24, 2.45) is 5.92 Å². The molecule has 8 heteroatoms. The van der Waals surface area contributed by atoms with Gasteiger partial charge in [0.05, 0.1) is 6.54 Å². The van der Waals surface area contributed by atoms with Gasteiger partial charge in [0.15, 0.2) is 0 Å². The number of urea groups is 1. The summed E-state index contributed by atoms with van der Waals surface area (Å²) in [6.07, 6.45) is 1.51. The van der Waals surface area contributed by atoms with Crippen molar-refractivity contribution in [1.82, 2.24) is 20.4 Å². The summed E-state index contributed by atoms with van der Waals surface area (Å²) in [6.45, 7) is 0.642. The number of rotatable bonds is 5. The number of carbonyl (C=O) groups excluding carboxylic acids is 1. The van der Waals surface area contributed by atoms with Crippen LogP contribution in [0.3, 0.4) is 0 Å². The molecule has 118 valence electrons. The van der Waals surface area contributed by atoms with E-state index in [-0.39, 0.29) is 6.54 Å². The number of nitrogens with zero attached hydrogens (tertiary/aromatic N) is 2. The molecular formula is C13H19F3N4O.